The summed E-state index contributed by atoms with van der Waals surface area (Å²) >= 11 is 0. The minimum atomic E-state index is 0.654. The molecule has 1 N–H and O–H groups in total. The fourth-order valence-corrected chi connectivity index (χ4v) is 3.10. The summed E-state index contributed by atoms with van der Waals surface area (Å²) < 4.78 is 2.01. The standard InChI is InChI=1S/C14H18N8/c1-21-9-18-19-12(21)6-10-2-4-22(5-3-10)14-11-7-17-20-13(11)15-8-16-14/h7-10H,2-6H2,1H3,(H,15,16,17,20). The second-order valence-electron chi connectivity index (χ2n) is 5.82. The first-order valence-corrected chi connectivity index (χ1v) is 7.53. The molecule has 8 nitrogen and oxygen atoms in total. The molecule has 1 saturated heterocycles. The Hall–Kier alpha value is -2.51. The molecule has 1 fully saturated rings. The molecule has 0 spiro atoms. The molecule has 0 radical (unpaired) electrons. The first-order chi connectivity index (χ1) is 10.8. The lowest BCUT2D eigenvalue weighted by Crippen LogP contribution is -2.35. The fraction of sp³-hybridized carbons (Fsp3) is 0.500. The van der Waals surface area contributed by atoms with Crippen LogP contribution in [0.15, 0.2) is 18.9 Å². The molecule has 0 aliphatic carbocycles. The number of piperidine rings is 1. The number of anilines is 1. The van der Waals surface area contributed by atoms with Crippen LogP contribution in [0.4, 0.5) is 5.82 Å². The van der Waals surface area contributed by atoms with Gasteiger partial charge < -0.3 is 9.47 Å². The van der Waals surface area contributed by atoms with Crippen molar-refractivity contribution in [3.63, 3.8) is 0 Å². The number of aromatic nitrogens is 7. The molecule has 8 heteroatoms. The third-order valence-corrected chi connectivity index (χ3v) is 4.42. The highest BCUT2D eigenvalue weighted by Crippen LogP contribution is 2.27. The van der Waals surface area contributed by atoms with Gasteiger partial charge in [0.2, 0.25) is 0 Å². The minimum Gasteiger partial charge on any atom is -0.356 e. The van der Waals surface area contributed by atoms with Crippen molar-refractivity contribution in [1.82, 2.24) is 34.9 Å². The van der Waals surface area contributed by atoms with Crippen LogP contribution in [-0.4, -0.2) is 48.0 Å². The number of aryl methyl sites for hydroxylation is 1. The molecule has 3 aromatic rings. The monoisotopic (exact) mass is 298 g/mol. The number of aromatic amines is 1. The Kier molecular flexibility index (Phi) is 3.21. The number of nitrogens with one attached hydrogen (secondary N) is 1. The lowest BCUT2D eigenvalue weighted by Gasteiger charge is -2.32. The highest BCUT2D eigenvalue weighted by molar-refractivity contribution is 5.86. The van der Waals surface area contributed by atoms with Gasteiger partial charge in [0.05, 0.1) is 11.6 Å². The van der Waals surface area contributed by atoms with Crippen molar-refractivity contribution >= 4 is 16.9 Å². The summed E-state index contributed by atoms with van der Waals surface area (Å²) in [5.74, 6) is 2.70. The van der Waals surface area contributed by atoms with Gasteiger partial charge in [-0.05, 0) is 18.8 Å². The molecular formula is C14H18N8. The van der Waals surface area contributed by atoms with Crippen molar-refractivity contribution in [2.75, 3.05) is 18.0 Å². The van der Waals surface area contributed by atoms with Gasteiger partial charge in [-0.3, -0.25) is 5.10 Å². The van der Waals surface area contributed by atoms with E-state index in [1.54, 1.807) is 18.9 Å². The first kappa shape index (κ1) is 13.2. The number of hydrogen-bond donors (Lipinski definition) is 1. The normalized spacial score (nSPS) is 16.5. The Morgan fingerprint density at radius 2 is 2.14 bits per heavy atom. The van der Waals surface area contributed by atoms with Gasteiger partial charge in [0, 0.05) is 26.6 Å². The number of fused-ring (bicyclic) bond motifs is 1. The Bertz CT molecular complexity index is 768. The summed E-state index contributed by atoms with van der Waals surface area (Å²) in [6.07, 6.45) is 8.43. The topological polar surface area (TPSA) is 88.4 Å². The molecule has 0 atom stereocenters. The van der Waals surface area contributed by atoms with Crippen molar-refractivity contribution in [3.05, 3.63) is 24.7 Å². The van der Waals surface area contributed by atoms with E-state index in [1.165, 1.54) is 0 Å². The zero-order chi connectivity index (χ0) is 14.9. The quantitative estimate of drug-likeness (QED) is 0.774. The summed E-state index contributed by atoms with van der Waals surface area (Å²) in [6, 6.07) is 0. The van der Waals surface area contributed by atoms with Gasteiger partial charge in [0.25, 0.3) is 0 Å². The SMILES string of the molecule is Cn1cnnc1CC1CCN(c2ncnc3[nH]ncc23)CC1. The molecule has 0 amide bonds. The summed E-state index contributed by atoms with van der Waals surface area (Å²) in [7, 11) is 2.00. The van der Waals surface area contributed by atoms with Crippen LogP contribution in [0.1, 0.15) is 18.7 Å². The van der Waals surface area contributed by atoms with E-state index in [0.717, 1.165) is 55.0 Å². The number of nitrogens with zero attached hydrogens (tertiary/aromatic N) is 7. The van der Waals surface area contributed by atoms with Crippen LogP contribution < -0.4 is 4.90 Å². The van der Waals surface area contributed by atoms with E-state index in [4.69, 9.17) is 0 Å². The third-order valence-electron chi connectivity index (χ3n) is 4.42. The number of H-pyrrole nitrogens is 1. The van der Waals surface area contributed by atoms with E-state index in [9.17, 15) is 0 Å². The maximum atomic E-state index is 4.45. The van der Waals surface area contributed by atoms with Gasteiger partial charge in [-0.2, -0.15) is 5.10 Å². The van der Waals surface area contributed by atoms with Crippen LogP contribution in [0.5, 0.6) is 0 Å². The highest BCUT2D eigenvalue weighted by atomic mass is 15.2. The first-order valence-electron chi connectivity index (χ1n) is 7.53. The van der Waals surface area contributed by atoms with Crippen molar-refractivity contribution < 1.29 is 0 Å². The molecule has 0 aromatic carbocycles. The summed E-state index contributed by atoms with van der Waals surface area (Å²) in [5.41, 5.74) is 0.797. The molecular weight excluding hydrogens is 280 g/mol. The Labute approximate surface area is 127 Å². The number of rotatable bonds is 3. The van der Waals surface area contributed by atoms with E-state index in [2.05, 4.69) is 35.3 Å². The summed E-state index contributed by atoms with van der Waals surface area (Å²) in [6.45, 7) is 2.00. The van der Waals surface area contributed by atoms with Crippen LogP contribution in [0.2, 0.25) is 0 Å². The van der Waals surface area contributed by atoms with Gasteiger partial charge >= 0.3 is 0 Å². The number of hydrogen-bond acceptors (Lipinski definition) is 6. The van der Waals surface area contributed by atoms with Crippen molar-refractivity contribution in [2.24, 2.45) is 13.0 Å². The van der Waals surface area contributed by atoms with E-state index < -0.39 is 0 Å². The van der Waals surface area contributed by atoms with Gasteiger partial charge in [-0.25, -0.2) is 9.97 Å². The molecule has 4 heterocycles. The van der Waals surface area contributed by atoms with E-state index in [0.29, 0.717) is 5.92 Å². The molecule has 0 saturated carbocycles. The largest absolute Gasteiger partial charge is 0.356 e. The van der Waals surface area contributed by atoms with Gasteiger partial charge in [-0.1, -0.05) is 0 Å². The lowest BCUT2D eigenvalue weighted by atomic mass is 9.93. The lowest BCUT2D eigenvalue weighted by molar-refractivity contribution is 0.392. The third kappa shape index (κ3) is 2.30. The van der Waals surface area contributed by atoms with Gasteiger partial charge in [0.15, 0.2) is 5.65 Å². The Balaban J connectivity index is 1.46. The Morgan fingerprint density at radius 1 is 1.27 bits per heavy atom. The van der Waals surface area contributed by atoms with Gasteiger partial charge in [0.1, 0.15) is 24.3 Å². The zero-order valence-corrected chi connectivity index (χ0v) is 12.5. The predicted octanol–water partition coefficient (Wildman–Crippen LogP) is 0.940. The second-order valence-corrected chi connectivity index (χ2v) is 5.82. The predicted molar refractivity (Wildman–Crippen MR) is 81.3 cm³/mol. The van der Waals surface area contributed by atoms with Crippen molar-refractivity contribution in [3.8, 4) is 0 Å². The molecule has 0 unspecified atom stereocenters. The van der Waals surface area contributed by atoms with Crippen LogP contribution in [-0.2, 0) is 13.5 Å². The van der Waals surface area contributed by atoms with E-state index in [-0.39, 0.29) is 0 Å². The van der Waals surface area contributed by atoms with Crippen molar-refractivity contribution in [1.29, 1.82) is 0 Å². The zero-order valence-electron chi connectivity index (χ0n) is 12.5. The van der Waals surface area contributed by atoms with Crippen LogP contribution >= 0.6 is 0 Å². The molecule has 4 rings (SSSR count). The van der Waals surface area contributed by atoms with Crippen LogP contribution in [0.25, 0.3) is 11.0 Å². The minimum absolute atomic E-state index is 0.654. The maximum Gasteiger partial charge on any atom is 0.160 e. The van der Waals surface area contributed by atoms with E-state index >= 15 is 0 Å². The summed E-state index contributed by atoms with van der Waals surface area (Å²) in [4.78, 5) is 11.0. The van der Waals surface area contributed by atoms with Crippen LogP contribution in [0, 0.1) is 5.92 Å². The van der Waals surface area contributed by atoms with Gasteiger partial charge in [-0.15, -0.1) is 10.2 Å². The molecule has 3 aromatic heterocycles. The van der Waals surface area contributed by atoms with Crippen molar-refractivity contribution in [2.45, 2.75) is 19.3 Å². The average Bonchev–Trinajstić information content (AvgIpc) is 3.17. The van der Waals surface area contributed by atoms with E-state index in [1.807, 2.05) is 11.6 Å². The molecule has 114 valence electrons. The molecule has 1 aliphatic heterocycles. The summed E-state index contributed by atoms with van der Waals surface area (Å²) in [5, 5.41) is 16.1. The smallest absolute Gasteiger partial charge is 0.160 e. The Morgan fingerprint density at radius 3 is 2.91 bits per heavy atom. The maximum absolute atomic E-state index is 4.45. The molecule has 1 aliphatic rings. The second kappa shape index (κ2) is 5.36. The average molecular weight is 298 g/mol. The van der Waals surface area contributed by atoms with Crippen LogP contribution in [0.3, 0.4) is 0 Å². The molecule has 0 bridgehead atoms. The fourth-order valence-electron chi connectivity index (χ4n) is 3.10. The highest BCUT2D eigenvalue weighted by Gasteiger charge is 2.23. The molecule has 22 heavy (non-hydrogen) atoms.